The minimum absolute atomic E-state index is 0.121. The fraction of sp³-hybridized carbons (Fsp3) is 0.667. The quantitative estimate of drug-likeness (QED) is 0.414. The van der Waals surface area contributed by atoms with Crippen LogP contribution in [0.1, 0.15) is 46.0 Å². The van der Waals surface area contributed by atoms with Gasteiger partial charge in [0.25, 0.3) is 0 Å². The van der Waals surface area contributed by atoms with Gasteiger partial charge in [-0.25, -0.2) is 4.79 Å². The highest BCUT2D eigenvalue weighted by Gasteiger charge is 2.34. The van der Waals surface area contributed by atoms with Crippen LogP contribution in [-0.4, -0.2) is 12.6 Å². The molecule has 0 radical (unpaired) electrons. The van der Waals surface area contributed by atoms with Crippen molar-refractivity contribution in [1.29, 1.82) is 0 Å². The van der Waals surface area contributed by atoms with Gasteiger partial charge in [0.2, 0.25) is 0 Å². The van der Waals surface area contributed by atoms with E-state index >= 15 is 0 Å². The van der Waals surface area contributed by atoms with E-state index in [1.807, 2.05) is 0 Å². The van der Waals surface area contributed by atoms with Gasteiger partial charge in [-0.05, 0) is 37.0 Å². The fourth-order valence-corrected chi connectivity index (χ4v) is 3.05. The van der Waals surface area contributed by atoms with Gasteiger partial charge in [-0.3, -0.25) is 0 Å². The van der Waals surface area contributed by atoms with Gasteiger partial charge in [0, 0.05) is 12.0 Å². The zero-order valence-corrected chi connectivity index (χ0v) is 10.9. The third-order valence-corrected chi connectivity index (χ3v) is 4.22. The molecule has 1 heterocycles. The van der Waals surface area contributed by atoms with Crippen LogP contribution in [0.2, 0.25) is 0 Å². The van der Waals surface area contributed by atoms with E-state index in [2.05, 4.69) is 26.5 Å². The molecule has 2 heteroatoms. The summed E-state index contributed by atoms with van der Waals surface area (Å²) in [5.41, 5.74) is 2.53. The molecular formula is C15H22O2. The van der Waals surface area contributed by atoms with E-state index in [0.29, 0.717) is 17.9 Å². The van der Waals surface area contributed by atoms with Gasteiger partial charge in [-0.2, -0.15) is 0 Å². The lowest BCUT2D eigenvalue weighted by Gasteiger charge is -2.40. The molecule has 2 aliphatic rings. The molecule has 94 valence electrons. The van der Waals surface area contributed by atoms with E-state index in [4.69, 9.17) is 4.74 Å². The summed E-state index contributed by atoms with van der Waals surface area (Å²) in [5, 5.41) is 0. The highest BCUT2D eigenvalue weighted by Crippen LogP contribution is 2.45. The maximum atomic E-state index is 11.4. The second-order valence-corrected chi connectivity index (χ2v) is 5.90. The van der Waals surface area contributed by atoms with Gasteiger partial charge in [-0.15, -0.1) is 0 Å². The Bertz CT molecular complexity index is 363. The zero-order valence-electron chi connectivity index (χ0n) is 10.9. The molecule has 0 aromatic rings. The molecule has 2 nitrogen and oxygen atoms in total. The monoisotopic (exact) mass is 234 g/mol. The third-order valence-electron chi connectivity index (χ3n) is 4.22. The molecule has 0 aromatic heterocycles. The van der Waals surface area contributed by atoms with Crippen LogP contribution >= 0.6 is 0 Å². The number of allylic oxidation sites excluding steroid dienone is 2. The van der Waals surface area contributed by atoms with Crippen LogP contribution in [0.15, 0.2) is 23.8 Å². The van der Waals surface area contributed by atoms with Crippen molar-refractivity contribution in [3.05, 3.63) is 23.8 Å². The van der Waals surface area contributed by atoms with Crippen LogP contribution in [0.4, 0.5) is 0 Å². The van der Waals surface area contributed by atoms with Gasteiger partial charge in [0.1, 0.15) is 0 Å². The Morgan fingerprint density at radius 2 is 2.24 bits per heavy atom. The summed E-state index contributed by atoms with van der Waals surface area (Å²) in [5.74, 6) is 0.390. The molecule has 0 bridgehead atoms. The second kappa shape index (κ2) is 4.67. The molecule has 0 amide bonds. The first-order valence-electron chi connectivity index (χ1n) is 6.54. The summed E-state index contributed by atoms with van der Waals surface area (Å²) < 4.78 is 4.95. The first-order chi connectivity index (χ1) is 8.00. The van der Waals surface area contributed by atoms with E-state index < -0.39 is 0 Å². The zero-order chi connectivity index (χ0) is 12.5. The highest BCUT2D eigenvalue weighted by molar-refractivity contribution is 5.90. The van der Waals surface area contributed by atoms with Crippen LogP contribution in [0.5, 0.6) is 0 Å². The van der Waals surface area contributed by atoms with Crippen LogP contribution in [-0.2, 0) is 9.53 Å². The van der Waals surface area contributed by atoms with Crippen molar-refractivity contribution in [2.45, 2.75) is 46.0 Å². The van der Waals surface area contributed by atoms with Crippen molar-refractivity contribution >= 4 is 5.97 Å². The number of ether oxygens (including phenoxy) is 1. The van der Waals surface area contributed by atoms with Crippen molar-refractivity contribution in [1.82, 2.24) is 0 Å². The number of cyclic esters (lactones) is 1. The Balaban J connectivity index is 2.06. The largest absolute Gasteiger partial charge is 0.462 e. The minimum Gasteiger partial charge on any atom is -0.462 e. The molecule has 1 atom stereocenters. The number of esters is 1. The average Bonchev–Trinajstić information content (AvgIpc) is 2.63. The number of carbonyl (C=O) groups is 1. The van der Waals surface area contributed by atoms with E-state index in [9.17, 15) is 4.79 Å². The average molecular weight is 234 g/mol. The molecule has 1 aliphatic heterocycles. The van der Waals surface area contributed by atoms with Gasteiger partial charge in [-0.1, -0.05) is 32.1 Å². The third kappa shape index (κ3) is 2.62. The maximum Gasteiger partial charge on any atom is 0.333 e. The molecule has 0 aromatic carbocycles. The van der Waals surface area contributed by atoms with Crippen molar-refractivity contribution in [2.24, 2.45) is 11.3 Å². The Morgan fingerprint density at radius 1 is 1.47 bits per heavy atom. The summed E-state index contributed by atoms with van der Waals surface area (Å²) in [6.45, 7) is 9.39. The lowest BCUT2D eigenvalue weighted by atomic mass is 9.65. The van der Waals surface area contributed by atoms with Gasteiger partial charge >= 0.3 is 5.97 Å². The Kier molecular flexibility index (Phi) is 3.41. The van der Waals surface area contributed by atoms with Crippen molar-refractivity contribution < 1.29 is 9.53 Å². The smallest absolute Gasteiger partial charge is 0.333 e. The molecule has 2 rings (SSSR count). The summed E-state index contributed by atoms with van der Waals surface area (Å²) in [6, 6.07) is 0. The lowest BCUT2D eigenvalue weighted by molar-refractivity contribution is -0.135. The van der Waals surface area contributed by atoms with Gasteiger partial charge in [0.05, 0.1) is 6.61 Å². The minimum atomic E-state index is -0.121. The molecule has 0 unspecified atom stereocenters. The van der Waals surface area contributed by atoms with Crippen LogP contribution < -0.4 is 0 Å². The topological polar surface area (TPSA) is 26.3 Å². The first kappa shape index (κ1) is 12.4. The lowest BCUT2D eigenvalue weighted by Crippen LogP contribution is -2.29. The highest BCUT2D eigenvalue weighted by atomic mass is 16.5. The second-order valence-electron chi connectivity index (χ2n) is 5.90. The fourth-order valence-electron chi connectivity index (χ4n) is 3.05. The van der Waals surface area contributed by atoms with Crippen LogP contribution in [0.25, 0.3) is 0 Å². The van der Waals surface area contributed by atoms with E-state index in [1.165, 1.54) is 18.4 Å². The Labute approximate surface area is 104 Å². The molecule has 2 fully saturated rings. The first-order valence-corrected chi connectivity index (χ1v) is 6.54. The van der Waals surface area contributed by atoms with Gasteiger partial charge in [0.15, 0.2) is 0 Å². The van der Waals surface area contributed by atoms with Crippen molar-refractivity contribution in [3.63, 3.8) is 0 Å². The van der Waals surface area contributed by atoms with Crippen molar-refractivity contribution in [2.75, 3.05) is 6.61 Å². The van der Waals surface area contributed by atoms with Gasteiger partial charge < -0.3 is 4.74 Å². The van der Waals surface area contributed by atoms with E-state index in [0.717, 1.165) is 24.8 Å². The molecule has 1 saturated heterocycles. The van der Waals surface area contributed by atoms with Crippen molar-refractivity contribution in [3.8, 4) is 0 Å². The normalized spacial score (nSPS) is 30.7. The number of hydrogen-bond acceptors (Lipinski definition) is 2. The number of carbonyl (C=O) groups excluding carboxylic acids is 1. The standard InChI is InChI=1S/C15H22O2/c1-11-5-4-9-15(2,3)13(11)7-6-12-8-10-17-14(12)16/h6,13H,1,4-5,7-10H2,2-3H3/b12-6+/t13-/m0/s1. The molecule has 1 saturated carbocycles. The molecule has 1 aliphatic carbocycles. The Hall–Kier alpha value is -1.05. The molecule has 17 heavy (non-hydrogen) atoms. The predicted molar refractivity (Wildman–Crippen MR) is 68.5 cm³/mol. The molecular weight excluding hydrogens is 212 g/mol. The predicted octanol–water partition coefficient (Wildman–Crippen LogP) is 3.63. The SMILES string of the molecule is C=C1CCCC(C)(C)[C@H]1C/C=C1\CCOC1=O. The summed E-state index contributed by atoms with van der Waals surface area (Å²) >= 11 is 0. The number of hydrogen-bond donors (Lipinski definition) is 0. The summed E-state index contributed by atoms with van der Waals surface area (Å²) in [7, 11) is 0. The molecule has 0 N–H and O–H groups in total. The summed E-state index contributed by atoms with van der Waals surface area (Å²) in [6.07, 6.45) is 7.44. The molecule has 0 spiro atoms. The van der Waals surface area contributed by atoms with Crippen LogP contribution in [0, 0.1) is 11.3 Å². The Morgan fingerprint density at radius 3 is 2.82 bits per heavy atom. The van der Waals surface area contributed by atoms with Crippen LogP contribution in [0.3, 0.4) is 0 Å². The summed E-state index contributed by atoms with van der Waals surface area (Å²) in [4.78, 5) is 11.4. The maximum absolute atomic E-state index is 11.4. The van der Waals surface area contributed by atoms with E-state index in [1.54, 1.807) is 0 Å². The number of rotatable bonds is 2. The van der Waals surface area contributed by atoms with E-state index in [-0.39, 0.29) is 5.97 Å².